The van der Waals surface area contributed by atoms with Crippen LogP contribution in [0.5, 0.6) is 0 Å². The molecule has 2 aromatic rings. The summed E-state index contributed by atoms with van der Waals surface area (Å²) in [6, 6.07) is 16.6. The van der Waals surface area contributed by atoms with Gasteiger partial charge in [-0.3, -0.25) is 9.59 Å². The SMILES string of the molecule is CC1(C(=O)O)CN(C(=O)C2C[C@@H]3C[C@H](NC(=O)OCC4c5ccccc5-c5ccccc54)[C@@H]3C2)C1. The molecule has 2 amide bonds. The molecule has 1 heterocycles. The van der Waals surface area contributed by atoms with Gasteiger partial charge in [0.2, 0.25) is 5.91 Å². The Morgan fingerprint density at radius 2 is 1.63 bits per heavy atom. The first-order valence-electron chi connectivity index (χ1n) is 12.5. The van der Waals surface area contributed by atoms with Crippen molar-refractivity contribution in [2.45, 2.75) is 38.1 Å². The molecule has 3 aliphatic carbocycles. The average molecular weight is 475 g/mol. The van der Waals surface area contributed by atoms with Crippen LogP contribution in [0.4, 0.5) is 4.79 Å². The van der Waals surface area contributed by atoms with Crippen LogP contribution in [0, 0.1) is 23.2 Å². The highest BCUT2D eigenvalue weighted by Crippen LogP contribution is 2.51. The molecule has 182 valence electrons. The topological polar surface area (TPSA) is 95.9 Å². The summed E-state index contributed by atoms with van der Waals surface area (Å²) in [6.45, 7) is 2.55. The van der Waals surface area contributed by atoms with E-state index in [-0.39, 0.29) is 42.8 Å². The van der Waals surface area contributed by atoms with Crippen LogP contribution in [0.15, 0.2) is 48.5 Å². The molecule has 1 unspecified atom stereocenters. The van der Waals surface area contributed by atoms with Crippen LogP contribution in [0.2, 0.25) is 0 Å². The Hall–Kier alpha value is -3.35. The van der Waals surface area contributed by atoms with Crippen molar-refractivity contribution in [3.05, 3.63) is 59.7 Å². The summed E-state index contributed by atoms with van der Waals surface area (Å²) < 4.78 is 5.70. The molecule has 2 saturated carbocycles. The van der Waals surface area contributed by atoms with Gasteiger partial charge < -0.3 is 20.1 Å². The molecule has 4 atom stereocenters. The molecule has 1 aliphatic heterocycles. The maximum Gasteiger partial charge on any atom is 0.407 e. The second-order valence-corrected chi connectivity index (χ2v) is 11.0. The van der Waals surface area contributed by atoms with Crippen molar-refractivity contribution >= 4 is 18.0 Å². The van der Waals surface area contributed by atoms with Gasteiger partial charge in [-0.05, 0) is 60.3 Å². The molecule has 0 bridgehead atoms. The summed E-state index contributed by atoms with van der Waals surface area (Å²) in [5.74, 6) is -0.0913. The molecule has 7 nitrogen and oxygen atoms in total. The van der Waals surface area contributed by atoms with Crippen molar-refractivity contribution in [2.75, 3.05) is 19.7 Å². The number of alkyl carbamates (subject to hydrolysis) is 1. The van der Waals surface area contributed by atoms with Crippen molar-refractivity contribution in [2.24, 2.45) is 23.2 Å². The Morgan fingerprint density at radius 1 is 1.00 bits per heavy atom. The number of likely N-dealkylation sites (tertiary alicyclic amines) is 1. The number of hydrogen-bond acceptors (Lipinski definition) is 4. The summed E-state index contributed by atoms with van der Waals surface area (Å²) in [5, 5.41) is 12.3. The number of ether oxygens (including phenoxy) is 1. The highest BCUT2D eigenvalue weighted by molar-refractivity contribution is 5.85. The molecule has 2 aromatic carbocycles. The van der Waals surface area contributed by atoms with E-state index in [1.54, 1.807) is 11.8 Å². The number of aliphatic carboxylic acids is 1. The third kappa shape index (κ3) is 3.60. The van der Waals surface area contributed by atoms with Gasteiger partial charge >= 0.3 is 12.1 Å². The van der Waals surface area contributed by atoms with Crippen molar-refractivity contribution < 1.29 is 24.2 Å². The quantitative estimate of drug-likeness (QED) is 0.686. The average Bonchev–Trinajstić information content (AvgIpc) is 3.33. The van der Waals surface area contributed by atoms with Gasteiger partial charge in [0, 0.05) is 31.0 Å². The zero-order valence-corrected chi connectivity index (χ0v) is 19.8. The summed E-state index contributed by atoms with van der Waals surface area (Å²) in [7, 11) is 0. The number of rotatable bonds is 5. The first-order valence-corrected chi connectivity index (χ1v) is 12.5. The lowest BCUT2D eigenvalue weighted by Crippen LogP contribution is -2.61. The van der Waals surface area contributed by atoms with E-state index in [0.29, 0.717) is 12.5 Å². The monoisotopic (exact) mass is 474 g/mol. The Balaban J connectivity index is 1.02. The Kier molecular flexibility index (Phi) is 5.13. The first-order chi connectivity index (χ1) is 16.8. The third-order valence-electron chi connectivity index (χ3n) is 8.73. The second-order valence-electron chi connectivity index (χ2n) is 11.0. The Labute approximate surface area is 204 Å². The molecule has 1 saturated heterocycles. The van der Waals surface area contributed by atoms with Gasteiger partial charge in [0.05, 0.1) is 5.41 Å². The zero-order chi connectivity index (χ0) is 24.3. The minimum absolute atomic E-state index is 0.0313. The predicted octanol–water partition coefficient (Wildman–Crippen LogP) is 3.87. The molecular formula is C28H30N2O5. The number of nitrogens with zero attached hydrogens (tertiary/aromatic N) is 1. The number of carboxylic acid groups (broad SMARTS) is 1. The Bertz CT molecular complexity index is 1160. The van der Waals surface area contributed by atoms with Crippen molar-refractivity contribution in [3.63, 3.8) is 0 Å². The maximum atomic E-state index is 12.9. The smallest absolute Gasteiger partial charge is 0.407 e. The van der Waals surface area contributed by atoms with E-state index in [1.807, 2.05) is 24.3 Å². The minimum atomic E-state index is -0.847. The van der Waals surface area contributed by atoms with Gasteiger partial charge in [0.25, 0.3) is 0 Å². The van der Waals surface area contributed by atoms with Gasteiger partial charge in [-0.1, -0.05) is 48.5 Å². The van der Waals surface area contributed by atoms with Crippen LogP contribution in [0.3, 0.4) is 0 Å². The number of nitrogens with one attached hydrogen (secondary N) is 1. The number of carbonyl (C=O) groups excluding carboxylic acids is 2. The highest BCUT2D eigenvalue weighted by Gasteiger charge is 2.54. The molecule has 2 N–H and O–H groups in total. The number of hydrogen-bond donors (Lipinski definition) is 2. The molecule has 0 aromatic heterocycles. The third-order valence-corrected chi connectivity index (χ3v) is 8.73. The first kappa shape index (κ1) is 22.1. The second kappa shape index (κ2) is 8.11. The van der Waals surface area contributed by atoms with E-state index in [9.17, 15) is 19.5 Å². The maximum absolute atomic E-state index is 12.9. The summed E-state index contributed by atoms with van der Waals surface area (Å²) in [6.07, 6.45) is 2.04. The molecule has 6 rings (SSSR count). The molecule has 3 fully saturated rings. The van der Waals surface area contributed by atoms with Crippen LogP contribution in [-0.4, -0.2) is 53.7 Å². The summed E-state index contributed by atoms with van der Waals surface area (Å²) in [4.78, 5) is 38.5. The fourth-order valence-electron chi connectivity index (χ4n) is 6.73. The largest absolute Gasteiger partial charge is 0.481 e. The van der Waals surface area contributed by atoms with Crippen molar-refractivity contribution in [1.82, 2.24) is 10.2 Å². The van der Waals surface area contributed by atoms with E-state index in [4.69, 9.17) is 4.74 Å². The fraction of sp³-hybridized carbons (Fsp3) is 0.464. The van der Waals surface area contributed by atoms with E-state index in [2.05, 4.69) is 29.6 Å². The van der Waals surface area contributed by atoms with E-state index >= 15 is 0 Å². The highest BCUT2D eigenvalue weighted by atomic mass is 16.5. The zero-order valence-electron chi connectivity index (χ0n) is 19.8. The van der Waals surface area contributed by atoms with Crippen LogP contribution in [0.25, 0.3) is 11.1 Å². The van der Waals surface area contributed by atoms with Crippen molar-refractivity contribution in [1.29, 1.82) is 0 Å². The molecule has 35 heavy (non-hydrogen) atoms. The van der Waals surface area contributed by atoms with E-state index in [1.165, 1.54) is 22.3 Å². The normalized spacial score (nSPS) is 27.6. The lowest BCUT2D eigenvalue weighted by molar-refractivity contribution is -0.165. The summed E-state index contributed by atoms with van der Waals surface area (Å²) in [5.41, 5.74) is 3.96. The predicted molar refractivity (Wildman–Crippen MR) is 129 cm³/mol. The Morgan fingerprint density at radius 3 is 2.26 bits per heavy atom. The minimum Gasteiger partial charge on any atom is -0.481 e. The van der Waals surface area contributed by atoms with Crippen LogP contribution >= 0.6 is 0 Å². The number of carboxylic acids is 1. The lowest BCUT2D eigenvalue weighted by atomic mass is 9.71. The van der Waals surface area contributed by atoms with Gasteiger partial charge in [0.1, 0.15) is 6.61 Å². The number of benzene rings is 2. The van der Waals surface area contributed by atoms with Gasteiger partial charge in [-0.15, -0.1) is 0 Å². The standard InChI is InChI=1S/C28H30N2O5/c1-28(26(32)33)14-30(15-28)25(31)17-10-16-12-24(22(16)11-17)29-27(34)35-13-23-20-8-4-2-6-18(20)19-7-3-5-9-21(19)23/h2-9,16-17,22-24H,10-15H2,1H3,(H,29,34)(H,32,33)/t16-,17?,22-,24+/m1/s1. The van der Waals surface area contributed by atoms with Gasteiger partial charge in [-0.25, -0.2) is 4.79 Å². The van der Waals surface area contributed by atoms with Crippen LogP contribution in [0.1, 0.15) is 43.2 Å². The summed E-state index contributed by atoms with van der Waals surface area (Å²) >= 11 is 0. The van der Waals surface area contributed by atoms with E-state index in [0.717, 1.165) is 19.3 Å². The van der Waals surface area contributed by atoms with Gasteiger partial charge in [0.15, 0.2) is 0 Å². The van der Waals surface area contributed by atoms with Gasteiger partial charge in [-0.2, -0.15) is 0 Å². The number of carbonyl (C=O) groups is 3. The van der Waals surface area contributed by atoms with Crippen LogP contribution in [-0.2, 0) is 14.3 Å². The van der Waals surface area contributed by atoms with Crippen LogP contribution < -0.4 is 5.32 Å². The van der Waals surface area contributed by atoms with E-state index < -0.39 is 17.5 Å². The van der Waals surface area contributed by atoms with Crippen molar-refractivity contribution in [3.8, 4) is 11.1 Å². The fourth-order valence-corrected chi connectivity index (χ4v) is 6.73. The molecule has 0 radical (unpaired) electrons. The molecular weight excluding hydrogens is 444 g/mol. The molecule has 4 aliphatic rings. The number of amides is 2. The number of fused-ring (bicyclic) bond motifs is 4. The lowest BCUT2D eigenvalue weighted by Gasteiger charge is -2.45. The molecule has 0 spiro atoms. The molecule has 7 heteroatoms.